The van der Waals surface area contributed by atoms with Gasteiger partial charge in [0.2, 0.25) is 0 Å². The van der Waals surface area contributed by atoms with Crippen LogP contribution >= 0.6 is 0 Å². The van der Waals surface area contributed by atoms with E-state index >= 15 is 0 Å². The summed E-state index contributed by atoms with van der Waals surface area (Å²) in [6, 6.07) is 15.3. The summed E-state index contributed by atoms with van der Waals surface area (Å²) >= 11 is 0. The lowest BCUT2D eigenvalue weighted by molar-refractivity contribution is 0.415. The molecule has 4 rings (SSSR count). The summed E-state index contributed by atoms with van der Waals surface area (Å²) in [7, 11) is 1.65. The van der Waals surface area contributed by atoms with E-state index in [0.717, 1.165) is 39.8 Å². The number of aliphatic imine (C=N–C) groups is 1. The van der Waals surface area contributed by atoms with Gasteiger partial charge in [-0.05, 0) is 71.8 Å². The summed E-state index contributed by atoms with van der Waals surface area (Å²) in [5.74, 6) is 2.41. The summed E-state index contributed by atoms with van der Waals surface area (Å²) in [5.41, 5.74) is 3.91. The van der Waals surface area contributed by atoms with Gasteiger partial charge in [-0.2, -0.15) is 0 Å². The smallest absolute Gasteiger partial charge is 0.127 e. The monoisotopic (exact) mass is 360 g/mol. The number of piperidine rings is 1. The van der Waals surface area contributed by atoms with Crippen molar-refractivity contribution in [2.45, 2.75) is 0 Å². The van der Waals surface area contributed by atoms with E-state index in [1.165, 1.54) is 0 Å². The Hall–Kier alpha value is -3.31. The molecule has 0 saturated carbocycles. The number of benzene rings is 1. The van der Waals surface area contributed by atoms with Crippen LogP contribution in [0.15, 0.2) is 86.0 Å². The Balaban J connectivity index is 1.77. The van der Waals surface area contributed by atoms with Crippen molar-refractivity contribution < 1.29 is 13.6 Å². The van der Waals surface area contributed by atoms with Crippen molar-refractivity contribution in [3.8, 4) is 5.75 Å². The maximum atomic E-state index is 5.49. The molecule has 0 atom stereocenters. The summed E-state index contributed by atoms with van der Waals surface area (Å²) in [6.07, 6.45) is 7.38. The van der Waals surface area contributed by atoms with Gasteiger partial charge in [0.25, 0.3) is 0 Å². The van der Waals surface area contributed by atoms with Crippen LogP contribution in [0.5, 0.6) is 5.75 Å². The quantitative estimate of drug-likeness (QED) is 0.731. The predicted octanol–water partition coefficient (Wildman–Crippen LogP) is 4.72. The number of ether oxygens (including phenoxy) is 1. The van der Waals surface area contributed by atoms with E-state index in [2.05, 4.69) is 5.32 Å². The Bertz CT molecular complexity index is 909. The van der Waals surface area contributed by atoms with E-state index in [1.54, 1.807) is 19.6 Å². The Labute approximate surface area is 157 Å². The minimum atomic E-state index is 0.713. The number of methoxy groups -OCH3 is 1. The topological polar surface area (TPSA) is 59.9 Å². The van der Waals surface area contributed by atoms with Gasteiger partial charge in [0.05, 0.1) is 31.0 Å². The maximum Gasteiger partial charge on any atom is 0.127 e. The molecule has 0 bridgehead atoms. The maximum absolute atomic E-state index is 5.49. The molecule has 3 aromatic rings. The fourth-order valence-electron chi connectivity index (χ4n) is 2.96. The van der Waals surface area contributed by atoms with Crippen LogP contribution in [0.3, 0.4) is 0 Å². The van der Waals surface area contributed by atoms with Crippen molar-refractivity contribution in [1.29, 1.82) is 0 Å². The molecule has 1 saturated heterocycles. The van der Waals surface area contributed by atoms with Gasteiger partial charge in [-0.1, -0.05) is 0 Å². The van der Waals surface area contributed by atoms with Crippen LogP contribution in [-0.2, 0) is 0 Å². The van der Waals surface area contributed by atoms with Crippen LogP contribution in [0.2, 0.25) is 0 Å². The second-order valence-corrected chi connectivity index (χ2v) is 6.13. The van der Waals surface area contributed by atoms with Crippen LogP contribution in [0.25, 0.3) is 12.2 Å². The summed E-state index contributed by atoms with van der Waals surface area (Å²) in [4.78, 5) is 4.92. The number of furan rings is 2. The highest BCUT2D eigenvalue weighted by atomic mass is 16.5. The third-order valence-electron chi connectivity index (χ3n) is 4.27. The molecule has 1 aromatic carbocycles. The second-order valence-electron chi connectivity index (χ2n) is 6.13. The van der Waals surface area contributed by atoms with E-state index in [1.807, 2.05) is 60.7 Å². The van der Waals surface area contributed by atoms with E-state index in [4.69, 9.17) is 18.6 Å². The van der Waals surface area contributed by atoms with Gasteiger partial charge in [0.15, 0.2) is 0 Å². The van der Waals surface area contributed by atoms with E-state index < -0.39 is 0 Å². The minimum Gasteiger partial charge on any atom is -0.497 e. The van der Waals surface area contributed by atoms with Gasteiger partial charge in [-0.25, -0.2) is 4.99 Å². The molecule has 0 amide bonds. The summed E-state index contributed by atoms with van der Waals surface area (Å²) < 4.78 is 16.2. The van der Waals surface area contributed by atoms with Gasteiger partial charge in [0, 0.05) is 13.1 Å². The number of nitrogens with zero attached hydrogens (tertiary/aromatic N) is 1. The van der Waals surface area contributed by atoms with Gasteiger partial charge >= 0.3 is 0 Å². The molecular weight excluding hydrogens is 340 g/mol. The zero-order valence-electron chi connectivity index (χ0n) is 15.0. The Morgan fingerprint density at radius 1 is 0.889 bits per heavy atom. The van der Waals surface area contributed by atoms with Crippen molar-refractivity contribution in [2.24, 2.45) is 4.99 Å². The van der Waals surface area contributed by atoms with Gasteiger partial charge in [0.1, 0.15) is 17.3 Å². The average Bonchev–Trinajstić information content (AvgIpc) is 3.39. The molecule has 1 fully saturated rings. The average molecular weight is 360 g/mol. The van der Waals surface area contributed by atoms with E-state index in [-0.39, 0.29) is 0 Å². The van der Waals surface area contributed by atoms with Crippen molar-refractivity contribution >= 4 is 23.6 Å². The Morgan fingerprint density at radius 2 is 1.48 bits per heavy atom. The first-order valence-corrected chi connectivity index (χ1v) is 8.74. The number of rotatable bonds is 4. The first-order valence-electron chi connectivity index (χ1n) is 8.74. The van der Waals surface area contributed by atoms with Crippen LogP contribution in [-0.4, -0.2) is 25.9 Å². The molecule has 0 spiro atoms. The fourth-order valence-corrected chi connectivity index (χ4v) is 2.96. The van der Waals surface area contributed by atoms with Crippen LogP contribution in [0.4, 0.5) is 5.69 Å². The lowest BCUT2D eigenvalue weighted by Crippen LogP contribution is -2.32. The zero-order chi connectivity index (χ0) is 18.5. The standard InChI is InChI=1S/C22H20N2O3/c1-25-19-8-6-18(7-9-19)24-22-16(12-20-4-2-10-26-20)14-23-15-17(22)13-21-5-3-11-27-21/h2-13,23H,14-15H2,1H3/b16-12+,17-13+. The molecule has 5 nitrogen and oxygen atoms in total. The van der Waals surface area contributed by atoms with Crippen molar-refractivity contribution in [2.75, 3.05) is 20.2 Å². The highest BCUT2D eigenvalue weighted by Crippen LogP contribution is 2.24. The van der Waals surface area contributed by atoms with Crippen LogP contribution < -0.4 is 10.1 Å². The summed E-state index contributed by atoms with van der Waals surface area (Å²) in [6.45, 7) is 1.43. The van der Waals surface area contributed by atoms with Gasteiger partial charge in [-0.3, -0.25) is 0 Å². The van der Waals surface area contributed by atoms with E-state index in [0.29, 0.717) is 13.1 Å². The number of hydrogen-bond donors (Lipinski definition) is 1. The molecule has 1 aliphatic rings. The van der Waals surface area contributed by atoms with Crippen molar-refractivity contribution in [3.63, 3.8) is 0 Å². The van der Waals surface area contributed by atoms with E-state index in [9.17, 15) is 0 Å². The number of hydrogen-bond acceptors (Lipinski definition) is 5. The molecule has 2 aromatic heterocycles. The molecule has 3 heterocycles. The molecule has 5 heteroatoms. The molecule has 0 unspecified atom stereocenters. The molecule has 0 aliphatic carbocycles. The Morgan fingerprint density at radius 3 is 1.96 bits per heavy atom. The third kappa shape index (κ3) is 4.10. The van der Waals surface area contributed by atoms with Crippen molar-refractivity contribution in [1.82, 2.24) is 5.32 Å². The highest BCUT2D eigenvalue weighted by molar-refractivity contribution is 6.18. The lowest BCUT2D eigenvalue weighted by atomic mass is 9.96. The second kappa shape index (κ2) is 7.93. The molecule has 27 heavy (non-hydrogen) atoms. The largest absolute Gasteiger partial charge is 0.497 e. The highest BCUT2D eigenvalue weighted by Gasteiger charge is 2.19. The molecule has 0 radical (unpaired) electrons. The molecule has 136 valence electrons. The molecule has 1 aliphatic heterocycles. The first-order chi connectivity index (χ1) is 13.3. The van der Waals surface area contributed by atoms with Crippen molar-refractivity contribution in [3.05, 3.63) is 83.7 Å². The van der Waals surface area contributed by atoms with Crippen LogP contribution in [0.1, 0.15) is 11.5 Å². The first kappa shape index (κ1) is 17.1. The van der Waals surface area contributed by atoms with Crippen LogP contribution in [0, 0.1) is 0 Å². The summed E-state index contributed by atoms with van der Waals surface area (Å²) in [5, 5.41) is 3.42. The van der Waals surface area contributed by atoms with Gasteiger partial charge in [-0.15, -0.1) is 0 Å². The normalized spacial score (nSPS) is 17.4. The molecule has 1 N–H and O–H groups in total. The van der Waals surface area contributed by atoms with Gasteiger partial charge < -0.3 is 18.9 Å². The fraction of sp³-hybridized carbons (Fsp3) is 0.136. The minimum absolute atomic E-state index is 0.713. The number of nitrogens with one attached hydrogen (secondary N) is 1. The zero-order valence-corrected chi connectivity index (χ0v) is 15.0. The SMILES string of the molecule is COc1ccc(N=C2/C(=C/c3ccco3)CNC/C2=C\c2ccco2)cc1. The lowest BCUT2D eigenvalue weighted by Gasteiger charge is -2.21. The third-order valence-corrected chi connectivity index (χ3v) is 4.27. The predicted molar refractivity (Wildman–Crippen MR) is 106 cm³/mol. The molecular formula is C22H20N2O3. The Kier molecular flexibility index (Phi) is 5.03.